The van der Waals surface area contributed by atoms with Crippen LogP contribution in [0.5, 0.6) is 0 Å². The van der Waals surface area contributed by atoms with Crippen LogP contribution in [0.2, 0.25) is 0 Å². The van der Waals surface area contributed by atoms with E-state index in [9.17, 15) is 12.8 Å². The van der Waals surface area contributed by atoms with Crippen LogP contribution in [0.4, 0.5) is 15.8 Å². The first kappa shape index (κ1) is 13.8. The molecular formula is C12H10BrFN2O2S. The Morgan fingerprint density at radius 3 is 2.32 bits per heavy atom. The van der Waals surface area contributed by atoms with Crippen LogP contribution in [0.3, 0.4) is 0 Å². The molecule has 0 aliphatic carbocycles. The normalized spacial score (nSPS) is 11.3. The largest absolute Gasteiger partial charge is 0.398 e. The predicted molar refractivity (Wildman–Crippen MR) is 75.8 cm³/mol. The SMILES string of the molecule is Nc1ccc(S(=O)(=O)Nc2ccc(F)cc2)cc1Br. The van der Waals surface area contributed by atoms with Crippen molar-refractivity contribution in [1.82, 2.24) is 0 Å². The zero-order valence-corrected chi connectivity index (χ0v) is 12.0. The Kier molecular flexibility index (Phi) is 3.77. The maximum absolute atomic E-state index is 12.7. The third-order valence-corrected chi connectivity index (χ3v) is 4.44. The minimum Gasteiger partial charge on any atom is -0.398 e. The fraction of sp³-hybridized carbons (Fsp3) is 0. The Bertz CT molecular complexity index is 702. The maximum atomic E-state index is 12.7. The van der Waals surface area contributed by atoms with Crippen molar-refractivity contribution in [3.05, 3.63) is 52.8 Å². The van der Waals surface area contributed by atoms with Crippen molar-refractivity contribution < 1.29 is 12.8 Å². The number of anilines is 2. The molecule has 4 nitrogen and oxygen atoms in total. The van der Waals surface area contributed by atoms with Crippen LogP contribution >= 0.6 is 15.9 Å². The molecule has 0 fully saturated rings. The highest BCUT2D eigenvalue weighted by atomic mass is 79.9. The van der Waals surface area contributed by atoms with Gasteiger partial charge < -0.3 is 5.73 Å². The lowest BCUT2D eigenvalue weighted by atomic mass is 10.3. The molecule has 0 radical (unpaired) electrons. The molecule has 100 valence electrons. The van der Waals surface area contributed by atoms with Gasteiger partial charge in [-0.15, -0.1) is 0 Å². The van der Waals surface area contributed by atoms with Crippen molar-refractivity contribution in [2.24, 2.45) is 0 Å². The summed E-state index contributed by atoms with van der Waals surface area (Å²) in [5.74, 6) is -0.432. The fourth-order valence-corrected chi connectivity index (χ4v) is 3.02. The number of rotatable bonds is 3. The number of benzene rings is 2. The lowest BCUT2D eigenvalue weighted by Crippen LogP contribution is -2.13. The molecule has 7 heteroatoms. The summed E-state index contributed by atoms with van der Waals surface area (Å²) < 4.78 is 39.8. The standard InChI is InChI=1S/C12H10BrFN2O2S/c13-11-7-10(5-6-12(11)15)19(17,18)16-9-3-1-8(14)2-4-9/h1-7,16H,15H2. The Morgan fingerprint density at radius 1 is 1.11 bits per heavy atom. The van der Waals surface area contributed by atoms with E-state index in [0.29, 0.717) is 10.2 Å². The number of nitrogen functional groups attached to an aromatic ring is 1. The number of nitrogens with two attached hydrogens (primary N) is 1. The molecule has 0 aromatic heterocycles. The molecule has 0 spiro atoms. The van der Waals surface area contributed by atoms with Crippen molar-refractivity contribution in [3.8, 4) is 0 Å². The highest BCUT2D eigenvalue weighted by Crippen LogP contribution is 2.24. The topological polar surface area (TPSA) is 72.2 Å². The van der Waals surface area contributed by atoms with Gasteiger partial charge in [0.05, 0.1) is 4.90 Å². The molecule has 0 unspecified atom stereocenters. The summed E-state index contributed by atoms with van der Waals surface area (Å²) in [5, 5.41) is 0. The van der Waals surface area contributed by atoms with Gasteiger partial charge in [-0.1, -0.05) is 0 Å². The quantitative estimate of drug-likeness (QED) is 0.840. The van der Waals surface area contributed by atoms with Gasteiger partial charge in [-0.3, -0.25) is 4.72 Å². The Labute approximate surface area is 118 Å². The van der Waals surface area contributed by atoms with Crippen LogP contribution in [0, 0.1) is 5.82 Å². The summed E-state index contributed by atoms with van der Waals surface area (Å²) in [6.07, 6.45) is 0. The lowest BCUT2D eigenvalue weighted by Gasteiger charge is -2.09. The van der Waals surface area contributed by atoms with Gasteiger partial charge in [-0.2, -0.15) is 0 Å². The van der Waals surface area contributed by atoms with Gasteiger partial charge in [0.2, 0.25) is 0 Å². The van der Waals surface area contributed by atoms with E-state index in [1.165, 1.54) is 42.5 Å². The first-order chi connectivity index (χ1) is 8.88. The second-order valence-corrected chi connectivity index (χ2v) is 6.33. The lowest BCUT2D eigenvalue weighted by molar-refractivity contribution is 0.601. The molecule has 0 aliphatic heterocycles. The summed E-state index contributed by atoms with van der Waals surface area (Å²) in [6.45, 7) is 0. The van der Waals surface area contributed by atoms with Gasteiger partial charge in [0.25, 0.3) is 10.0 Å². The Balaban J connectivity index is 2.32. The van der Waals surface area contributed by atoms with Crippen molar-refractivity contribution in [3.63, 3.8) is 0 Å². The Morgan fingerprint density at radius 2 is 1.74 bits per heavy atom. The maximum Gasteiger partial charge on any atom is 0.261 e. The van der Waals surface area contributed by atoms with E-state index in [0.717, 1.165) is 0 Å². The molecule has 2 rings (SSSR count). The number of halogens is 2. The first-order valence-electron chi connectivity index (χ1n) is 5.22. The minimum absolute atomic E-state index is 0.0675. The summed E-state index contributed by atoms with van der Waals surface area (Å²) in [6, 6.07) is 9.34. The molecule has 2 aromatic rings. The van der Waals surface area contributed by atoms with E-state index in [-0.39, 0.29) is 10.6 Å². The van der Waals surface area contributed by atoms with Crippen molar-refractivity contribution >= 4 is 37.3 Å². The summed E-state index contributed by atoms with van der Waals surface area (Å²) in [4.78, 5) is 0.0675. The number of hydrogen-bond donors (Lipinski definition) is 2. The van der Waals surface area contributed by atoms with E-state index in [2.05, 4.69) is 20.7 Å². The molecule has 0 saturated carbocycles. The van der Waals surface area contributed by atoms with E-state index >= 15 is 0 Å². The van der Waals surface area contributed by atoms with Crippen LogP contribution in [-0.2, 0) is 10.0 Å². The van der Waals surface area contributed by atoms with Crippen molar-refractivity contribution in [1.29, 1.82) is 0 Å². The predicted octanol–water partition coefficient (Wildman–Crippen LogP) is 2.97. The van der Waals surface area contributed by atoms with E-state index in [1.54, 1.807) is 0 Å². The van der Waals surface area contributed by atoms with Crippen molar-refractivity contribution in [2.75, 3.05) is 10.5 Å². The monoisotopic (exact) mass is 344 g/mol. The van der Waals surface area contributed by atoms with Crippen LogP contribution in [0.25, 0.3) is 0 Å². The highest BCUT2D eigenvalue weighted by molar-refractivity contribution is 9.10. The second kappa shape index (κ2) is 5.18. The van der Waals surface area contributed by atoms with Gasteiger partial charge in [0.1, 0.15) is 5.82 Å². The molecular weight excluding hydrogens is 335 g/mol. The summed E-state index contributed by atoms with van der Waals surface area (Å²) in [5.41, 5.74) is 6.33. The average molecular weight is 345 g/mol. The van der Waals surface area contributed by atoms with Crippen LogP contribution < -0.4 is 10.5 Å². The third-order valence-electron chi connectivity index (χ3n) is 2.38. The molecule has 3 N–H and O–H groups in total. The van der Waals surface area contributed by atoms with E-state index in [4.69, 9.17) is 5.73 Å². The Hall–Kier alpha value is -1.60. The zero-order chi connectivity index (χ0) is 14.0. The fourth-order valence-electron chi connectivity index (χ4n) is 1.41. The van der Waals surface area contributed by atoms with E-state index < -0.39 is 15.8 Å². The number of nitrogens with one attached hydrogen (secondary N) is 1. The molecule has 0 heterocycles. The molecule has 0 bridgehead atoms. The molecule has 19 heavy (non-hydrogen) atoms. The van der Waals surface area contributed by atoms with Gasteiger partial charge in [0, 0.05) is 15.8 Å². The molecule has 2 aromatic carbocycles. The first-order valence-corrected chi connectivity index (χ1v) is 7.49. The third kappa shape index (κ3) is 3.24. The smallest absolute Gasteiger partial charge is 0.261 e. The van der Waals surface area contributed by atoms with Crippen LogP contribution in [0.1, 0.15) is 0 Å². The van der Waals surface area contributed by atoms with Gasteiger partial charge >= 0.3 is 0 Å². The summed E-state index contributed by atoms with van der Waals surface area (Å²) >= 11 is 3.17. The van der Waals surface area contributed by atoms with Crippen molar-refractivity contribution in [2.45, 2.75) is 4.90 Å². The van der Waals surface area contributed by atoms with Gasteiger partial charge in [0.15, 0.2) is 0 Å². The molecule has 0 amide bonds. The number of hydrogen-bond acceptors (Lipinski definition) is 3. The minimum atomic E-state index is -3.72. The molecule has 0 atom stereocenters. The van der Waals surface area contributed by atoms with Crippen LogP contribution in [0.15, 0.2) is 51.8 Å². The van der Waals surface area contributed by atoms with Crippen LogP contribution in [-0.4, -0.2) is 8.42 Å². The summed E-state index contributed by atoms with van der Waals surface area (Å²) in [7, 11) is -3.72. The number of sulfonamides is 1. The average Bonchev–Trinajstić information content (AvgIpc) is 2.35. The molecule has 0 aliphatic rings. The van der Waals surface area contributed by atoms with E-state index in [1.807, 2.05) is 0 Å². The van der Waals surface area contributed by atoms with Gasteiger partial charge in [-0.05, 0) is 58.4 Å². The molecule has 0 saturated heterocycles. The van der Waals surface area contributed by atoms with Gasteiger partial charge in [-0.25, -0.2) is 12.8 Å². The second-order valence-electron chi connectivity index (χ2n) is 3.80. The highest BCUT2D eigenvalue weighted by Gasteiger charge is 2.15. The zero-order valence-electron chi connectivity index (χ0n) is 9.60.